The number of hydrogen-bond donors (Lipinski definition) is 1. The predicted molar refractivity (Wildman–Crippen MR) is 128 cm³/mol. The molecule has 2 heterocycles. The number of halogens is 3. The van der Waals surface area contributed by atoms with E-state index in [9.17, 15) is 0 Å². The first-order chi connectivity index (χ1) is 13.2. The molecule has 29 heavy (non-hydrogen) atoms. The van der Waals surface area contributed by atoms with E-state index >= 15 is 0 Å². The molecule has 0 spiro atoms. The summed E-state index contributed by atoms with van der Waals surface area (Å²) in [6, 6.07) is 14.8. The summed E-state index contributed by atoms with van der Waals surface area (Å²) < 4.78 is 0. The largest absolute Gasteiger partial charge is 0.395 e. The zero-order valence-electron chi connectivity index (χ0n) is 16.2. The predicted octanol–water partition coefficient (Wildman–Crippen LogP) is 5.08. The second kappa shape index (κ2) is 11.6. The van der Waals surface area contributed by atoms with E-state index in [1.165, 1.54) is 26.5 Å². The van der Waals surface area contributed by atoms with Gasteiger partial charge in [-0.1, -0.05) is 47.6 Å². The standard InChI is InChI=1S/C22H25ClN2OS.2ClH/c23-17-7-8-22-20(16-17)18(19-4-1-2-6-21(19)27-22)5-3-9-24-10-12-25(13-11-24)14-15-26;;/h1-2,4-8,16,26H,3,9-15H2;2*1H/b18-5-;;. The Hall–Kier alpha value is -0.720. The molecule has 0 amide bonds. The molecule has 0 radical (unpaired) electrons. The zero-order valence-corrected chi connectivity index (χ0v) is 19.4. The molecule has 3 nitrogen and oxygen atoms in total. The first-order valence-corrected chi connectivity index (χ1v) is 10.8. The van der Waals surface area contributed by atoms with Gasteiger partial charge in [-0.05, 0) is 47.4 Å². The molecule has 0 unspecified atom stereocenters. The Morgan fingerprint density at radius 3 is 2.28 bits per heavy atom. The number of benzene rings is 2. The number of aliphatic hydroxyl groups excluding tert-OH is 1. The van der Waals surface area contributed by atoms with E-state index in [1.54, 1.807) is 0 Å². The summed E-state index contributed by atoms with van der Waals surface area (Å²) in [6.07, 6.45) is 3.41. The topological polar surface area (TPSA) is 26.7 Å². The Morgan fingerprint density at radius 2 is 1.55 bits per heavy atom. The third kappa shape index (κ3) is 5.92. The van der Waals surface area contributed by atoms with Crippen LogP contribution in [0.4, 0.5) is 0 Å². The van der Waals surface area contributed by atoms with Crippen LogP contribution in [-0.4, -0.2) is 60.8 Å². The maximum absolute atomic E-state index is 9.08. The molecular weight excluding hydrogens is 447 g/mol. The molecular formula is C22H27Cl3N2OS. The highest BCUT2D eigenvalue weighted by molar-refractivity contribution is 7.99. The van der Waals surface area contributed by atoms with Gasteiger partial charge in [-0.2, -0.15) is 0 Å². The number of aliphatic hydroxyl groups is 1. The van der Waals surface area contributed by atoms with Crippen molar-refractivity contribution in [1.82, 2.24) is 9.80 Å². The van der Waals surface area contributed by atoms with Crippen molar-refractivity contribution in [2.45, 2.75) is 16.2 Å². The number of rotatable bonds is 5. The van der Waals surface area contributed by atoms with Gasteiger partial charge in [-0.15, -0.1) is 24.8 Å². The number of hydrogen-bond acceptors (Lipinski definition) is 4. The van der Waals surface area contributed by atoms with Crippen LogP contribution in [0, 0.1) is 0 Å². The lowest BCUT2D eigenvalue weighted by atomic mass is 9.96. The summed E-state index contributed by atoms with van der Waals surface area (Å²) in [5.74, 6) is 0. The highest BCUT2D eigenvalue weighted by atomic mass is 35.5. The van der Waals surface area contributed by atoms with E-state index in [0.717, 1.165) is 50.7 Å². The Kier molecular flexibility index (Phi) is 9.83. The van der Waals surface area contributed by atoms with Gasteiger partial charge < -0.3 is 10.0 Å². The maximum atomic E-state index is 9.08. The van der Waals surface area contributed by atoms with Crippen LogP contribution in [0.3, 0.4) is 0 Å². The van der Waals surface area contributed by atoms with Crippen LogP contribution >= 0.6 is 48.2 Å². The number of fused-ring (bicyclic) bond motifs is 2. The van der Waals surface area contributed by atoms with Crippen LogP contribution in [0.25, 0.3) is 5.57 Å². The molecule has 4 rings (SSSR count). The third-order valence-corrected chi connectivity index (χ3v) is 6.69. The second-order valence-corrected chi connectivity index (χ2v) is 8.57. The van der Waals surface area contributed by atoms with Gasteiger partial charge >= 0.3 is 0 Å². The van der Waals surface area contributed by atoms with Crippen LogP contribution in [0.5, 0.6) is 0 Å². The van der Waals surface area contributed by atoms with Crippen molar-refractivity contribution < 1.29 is 5.11 Å². The highest BCUT2D eigenvalue weighted by Gasteiger charge is 2.21. The minimum Gasteiger partial charge on any atom is -0.395 e. The molecule has 0 aliphatic carbocycles. The van der Waals surface area contributed by atoms with Crippen LogP contribution < -0.4 is 0 Å². The van der Waals surface area contributed by atoms with Crippen molar-refractivity contribution in [3.8, 4) is 0 Å². The first-order valence-electron chi connectivity index (χ1n) is 9.57. The van der Waals surface area contributed by atoms with Crippen molar-refractivity contribution in [3.63, 3.8) is 0 Å². The van der Waals surface area contributed by atoms with Gasteiger partial charge in [-0.3, -0.25) is 4.90 Å². The summed E-state index contributed by atoms with van der Waals surface area (Å²) in [7, 11) is 0. The third-order valence-electron chi connectivity index (χ3n) is 5.30. The van der Waals surface area contributed by atoms with E-state index in [4.69, 9.17) is 16.7 Å². The molecule has 2 aliphatic heterocycles. The van der Waals surface area contributed by atoms with Gasteiger partial charge in [0.1, 0.15) is 0 Å². The summed E-state index contributed by atoms with van der Waals surface area (Å²) >= 11 is 8.12. The average molecular weight is 474 g/mol. The minimum absolute atomic E-state index is 0. The van der Waals surface area contributed by atoms with E-state index < -0.39 is 0 Å². The van der Waals surface area contributed by atoms with Gasteiger partial charge in [0, 0.05) is 54.1 Å². The Labute approximate surface area is 194 Å². The molecule has 2 aliphatic rings. The van der Waals surface area contributed by atoms with Gasteiger partial charge in [0.05, 0.1) is 6.61 Å². The maximum Gasteiger partial charge on any atom is 0.0558 e. The van der Waals surface area contributed by atoms with Crippen LogP contribution in [0.15, 0.2) is 58.3 Å². The summed E-state index contributed by atoms with van der Waals surface area (Å²) in [5.41, 5.74) is 3.87. The number of piperazine rings is 1. The smallest absolute Gasteiger partial charge is 0.0558 e. The Balaban J connectivity index is 0.00000150. The molecule has 1 N–H and O–H groups in total. The summed E-state index contributed by atoms with van der Waals surface area (Å²) in [6.45, 7) is 6.39. The molecule has 0 aromatic heterocycles. The molecule has 0 saturated carbocycles. The van der Waals surface area contributed by atoms with E-state index in [-0.39, 0.29) is 31.4 Å². The fourth-order valence-electron chi connectivity index (χ4n) is 3.83. The molecule has 2 aromatic carbocycles. The molecule has 2 aromatic rings. The van der Waals surface area contributed by atoms with Crippen molar-refractivity contribution in [1.29, 1.82) is 0 Å². The highest BCUT2D eigenvalue weighted by Crippen LogP contribution is 2.46. The van der Waals surface area contributed by atoms with Crippen LogP contribution in [-0.2, 0) is 0 Å². The number of nitrogens with zero attached hydrogens (tertiary/aromatic N) is 2. The Morgan fingerprint density at radius 1 is 0.897 bits per heavy atom. The van der Waals surface area contributed by atoms with Gasteiger partial charge in [0.2, 0.25) is 0 Å². The summed E-state index contributed by atoms with van der Waals surface area (Å²) in [5, 5.41) is 9.87. The minimum atomic E-state index is 0. The van der Waals surface area contributed by atoms with Gasteiger partial charge in [0.25, 0.3) is 0 Å². The number of β-amino-alcohol motifs (C(OH)–C–C–N with tert-alkyl or cyclic N) is 1. The molecule has 1 fully saturated rings. The van der Waals surface area contributed by atoms with Crippen molar-refractivity contribution in [2.24, 2.45) is 0 Å². The quantitative estimate of drug-likeness (QED) is 0.559. The summed E-state index contributed by atoms with van der Waals surface area (Å²) in [4.78, 5) is 7.45. The SMILES string of the molecule is Cl.Cl.OCCN1CCN(CC/C=C2/c3ccccc3Sc3ccc(Cl)cc32)CC1. The molecule has 0 bridgehead atoms. The Bertz CT molecular complexity index is 839. The van der Waals surface area contributed by atoms with Crippen molar-refractivity contribution in [2.75, 3.05) is 45.9 Å². The van der Waals surface area contributed by atoms with Crippen LogP contribution in [0.1, 0.15) is 17.5 Å². The molecule has 0 atom stereocenters. The monoisotopic (exact) mass is 472 g/mol. The van der Waals surface area contributed by atoms with Crippen molar-refractivity contribution >= 4 is 53.7 Å². The van der Waals surface area contributed by atoms with Gasteiger partial charge in [0.15, 0.2) is 0 Å². The normalized spacial score (nSPS) is 17.8. The van der Waals surface area contributed by atoms with E-state index in [1.807, 2.05) is 17.8 Å². The average Bonchev–Trinajstić information content (AvgIpc) is 2.69. The fraction of sp³-hybridized carbons (Fsp3) is 0.364. The molecule has 7 heteroatoms. The van der Waals surface area contributed by atoms with E-state index in [2.05, 4.69) is 52.3 Å². The molecule has 158 valence electrons. The van der Waals surface area contributed by atoms with Gasteiger partial charge in [-0.25, -0.2) is 0 Å². The fourth-order valence-corrected chi connectivity index (χ4v) is 5.09. The van der Waals surface area contributed by atoms with Crippen molar-refractivity contribution in [3.05, 3.63) is 64.7 Å². The second-order valence-electron chi connectivity index (χ2n) is 7.05. The lowest BCUT2D eigenvalue weighted by molar-refractivity contribution is 0.114. The first kappa shape index (κ1) is 24.5. The zero-order chi connectivity index (χ0) is 18.6. The lowest BCUT2D eigenvalue weighted by Crippen LogP contribution is -2.47. The molecule has 1 saturated heterocycles. The lowest BCUT2D eigenvalue weighted by Gasteiger charge is -2.34. The van der Waals surface area contributed by atoms with E-state index in [0.29, 0.717) is 0 Å². The van der Waals surface area contributed by atoms with Crippen LogP contribution in [0.2, 0.25) is 5.02 Å².